The molecule has 1 unspecified atom stereocenters. The lowest BCUT2D eigenvalue weighted by Crippen LogP contribution is -2.56. The van der Waals surface area contributed by atoms with E-state index in [0.29, 0.717) is 25.5 Å². The molecule has 122 valence electrons. The number of nitrogens with zero attached hydrogens (tertiary/aromatic N) is 3. The second-order valence-corrected chi connectivity index (χ2v) is 8.76. The minimum Gasteiger partial charge on any atom is -0.300 e. The number of halogens is 1. The van der Waals surface area contributed by atoms with Gasteiger partial charge in [-0.25, -0.2) is 0 Å². The zero-order valence-electron chi connectivity index (χ0n) is 12.6. The molecule has 1 aliphatic carbocycles. The maximum Gasteiger partial charge on any atom is 0.282 e. The van der Waals surface area contributed by atoms with E-state index in [1.54, 1.807) is 8.61 Å². The summed E-state index contributed by atoms with van der Waals surface area (Å²) in [6.45, 7) is 4.77. The normalized spacial score (nSPS) is 30.6. The van der Waals surface area contributed by atoms with Crippen LogP contribution in [0.25, 0.3) is 0 Å². The fourth-order valence-electron chi connectivity index (χ4n) is 3.39. The number of piperazine rings is 1. The Morgan fingerprint density at radius 2 is 1.67 bits per heavy atom. The van der Waals surface area contributed by atoms with Crippen molar-refractivity contribution in [3.63, 3.8) is 0 Å². The Hall–Kier alpha value is 0.120. The molecule has 5 nitrogen and oxygen atoms in total. The van der Waals surface area contributed by atoms with Crippen molar-refractivity contribution < 1.29 is 8.42 Å². The zero-order valence-corrected chi connectivity index (χ0v) is 14.2. The molecule has 0 spiro atoms. The Morgan fingerprint density at radius 3 is 2.29 bits per heavy atom. The Labute approximate surface area is 133 Å². The molecule has 2 heterocycles. The van der Waals surface area contributed by atoms with E-state index in [1.807, 2.05) is 0 Å². The summed E-state index contributed by atoms with van der Waals surface area (Å²) in [5.41, 5.74) is 0. The molecular weight excluding hydrogens is 310 g/mol. The summed E-state index contributed by atoms with van der Waals surface area (Å²) in [6, 6.07) is -0.0186. The molecule has 0 aromatic heterocycles. The summed E-state index contributed by atoms with van der Waals surface area (Å²) >= 11 is 5.97. The van der Waals surface area contributed by atoms with Crippen molar-refractivity contribution in [1.82, 2.24) is 13.5 Å². The topological polar surface area (TPSA) is 43.9 Å². The van der Waals surface area contributed by atoms with Gasteiger partial charge in [0.05, 0.1) is 0 Å². The molecule has 1 saturated carbocycles. The number of hydrogen-bond donors (Lipinski definition) is 0. The van der Waals surface area contributed by atoms with Gasteiger partial charge in [0.1, 0.15) is 0 Å². The van der Waals surface area contributed by atoms with Crippen LogP contribution in [0.5, 0.6) is 0 Å². The first-order chi connectivity index (χ1) is 10.1. The predicted molar refractivity (Wildman–Crippen MR) is 84.7 cm³/mol. The van der Waals surface area contributed by atoms with Gasteiger partial charge in [0, 0.05) is 51.2 Å². The van der Waals surface area contributed by atoms with Crippen LogP contribution in [0.2, 0.25) is 0 Å². The molecule has 2 saturated heterocycles. The number of alkyl halides is 1. The molecule has 0 N–H and O–H groups in total. The molecule has 3 aliphatic rings. The van der Waals surface area contributed by atoms with Crippen molar-refractivity contribution >= 4 is 21.8 Å². The lowest BCUT2D eigenvalue weighted by atomic mass is 10.1. The summed E-state index contributed by atoms with van der Waals surface area (Å²) in [6.07, 6.45) is 5.63. The molecule has 0 bridgehead atoms. The Kier molecular flexibility index (Phi) is 5.11. The van der Waals surface area contributed by atoms with Crippen molar-refractivity contribution in [1.29, 1.82) is 0 Å². The van der Waals surface area contributed by atoms with Crippen molar-refractivity contribution in [3.05, 3.63) is 0 Å². The van der Waals surface area contributed by atoms with Gasteiger partial charge in [-0.05, 0) is 31.6 Å². The lowest BCUT2D eigenvalue weighted by Gasteiger charge is -2.40. The van der Waals surface area contributed by atoms with Crippen LogP contribution in [0.1, 0.15) is 32.1 Å². The molecular formula is C14H26ClN3O2S. The highest BCUT2D eigenvalue weighted by Gasteiger charge is 2.38. The molecule has 0 amide bonds. The molecule has 21 heavy (non-hydrogen) atoms. The SMILES string of the molecule is O=S(=O)(N1CCN(CC2CC2)CC1)N1CCCCC1CCl. The Bertz CT molecular complexity index is 447. The van der Waals surface area contributed by atoms with E-state index < -0.39 is 10.2 Å². The Morgan fingerprint density at radius 1 is 0.952 bits per heavy atom. The highest BCUT2D eigenvalue weighted by molar-refractivity contribution is 7.86. The van der Waals surface area contributed by atoms with Crippen molar-refractivity contribution in [2.45, 2.75) is 38.1 Å². The molecule has 0 aromatic carbocycles. The van der Waals surface area contributed by atoms with Gasteiger partial charge in [0.2, 0.25) is 0 Å². The largest absolute Gasteiger partial charge is 0.300 e. The van der Waals surface area contributed by atoms with Gasteiger partial charge in [0.15, 0.2) is 0 Å². The Balaban J connectivity index is 1.59. The first kappa shape index (κ1) is 16.0. The van der Waals surface area contributed by atoms with Gasteiger partial charge in [-0.1, -0.05) is 6.42 Å². The van der Waals surface area contributed by atoms with Crippen LogP contribution in [0.3, 0.4) is 0 Å². The number of piperidine rings is 1. The first-order valence-corrected chi connectivity index (χ1v) is 10.1. The quantitative estimate of drug-likeness (QED) is 0.712. The maximum atomic E-state index is 12.8. The molecule has 7 heteroatoms. The van der Waals surface area contributed by atoms with Gasteiger partial charge in [-0.15, -0.1) is 11.6 Å². The molecule has 0 radical (unpaired) electrons. The molecule has 3 fully saturated rings. The van der Waals surface area contributed by atoms with Gasteiger partial charge >= 0.3 is 0 Å². The van der Waals surface area contributed by atoms with E-state index in [-0.39, 0.29) is 6.04 Å². The van der Waals surface area contributed by atoms with Crippen LogP contribution >= 0.6 is 11.6 Å². The van der Waals surface area contributed by atoms with E-state index in [9.17, 15) is 8.42 Å². The first-order valence-electron chi connectivity index (χ1n) is 8.16. The smallest absolute Gasteiger partial charge is 0.282 e. The fraction of sp³-hybridized carbons (Fsp3) is 1.00. The third-order valence-corrected chi connectivity index (χ3v) is 7.37. The zero-order chi connectivity index (χ0) is 14.9. The van der Waals surface area contributed by atoms with Crippen LogP contribution in [-0.4, -0.2) is 73.1 Å². The van der Waals surface area contributed by atoms with Gasteiger partial charge < -0.3 is 4.90 Å². The third-order valence-electron chi connectivity index (χ3n) is 4.92. The van der Waals surface area contributed by atoms with E-state index in [2.05, 4.69) is 4.90 Å². The van der Waals surface area contributed by atoms with Crippen molar-refractivity contribution in [2.75, 3.05) is 45.1 Å². The van der Waals surface area contributed by atoms with Crippen LogP contribution < -0.4 is 0 Å². The van der Waals surface area contributed by atoms with Crippen LogP contribution in [-0.2, 0) is 10.2 Å². The highest BCUT2D eigenvalue weighted by atomic mass is 35.5. The van der Waals surface area contributed by atoms with E-state index in [4.69, 9.17) is 11.6 Å². The number of rotatable bonds is 5. The van der Waals surface area contributed by atoms with Gasteiger partial charge in [-0.2, -0.15) is 17.0 Å². The summed E-state index contributed by atoms with van der Waals surface area (Å²) < 4.78 is 29.0. The monoisotopic (exact) mass is 335 g/mol. The van der Waals surface area contributed by atoms with E-state index in [1.165, 1.54) is 12.8 Å². The fourth-order valence-corrected chi connectivity index (χ4v) is 5.63. The van der Waals surface area contributed by atoms with Crippen LogP contribution in [0.15, 0.2) is 0 Å². The second-order valence-electron chi connectivity index (χ2n) is 6.57. The predicted octanol–water partition coefficient (Wildman–Crippen LogP) is 1.35. The minimum atomic E-state index is -3.33. The summed E-state index contributed by atoms with van der Waals surface area (Å²) in [4.78, 5) is 2.42. The number of hydrogen-bond acceptors (Lipinski definition) is 3. The average Bonchev–Trinajstić information content (AvgIpc) is 3.32. The standard InChI is InChI=1S/C14H26ClN3O2S/c15-11-14-3-1-2-6-18(14)21(19,20)17-9-7-16(8-10-17)12-13-4-5-13/h13-14H,1-12H2. The van der Waals surface area contributed by atoms with Gasteiger partial charge in [-0.3, -0.25) is 0 Å². The molecule has 0 aromatic rings. The van der Waals surface area contributed by atoms with Crippen molar-refractivity contribution in [2.24, 2.45) is 5.92 Å². The maximum absolute atomic E-state index is 12.8. The van der Waals surface area contributed by atoms with Crippen LogP contribution in [0.4, 0.5) is 0 Å². The van der Waals surface area contributed by atoms with Crippen LogP contribution in [0, 0.1) is 5.92 Å². The second kappa shape index (κ2) is 6.71. The van der Waals surface area contributed by atoms with Crippen molar-refractivity contribution in [3.8, 4) is 0 Å². The molecule has 1 atom stereocenters. The summed E-state index contributed by atoms with van der Waals surface area (Å²) in [5.74, 6) is 1.27. The molecule has 2 aliphatic heterocycles. The summed E-state index contributed by atoms with van der Waals surface area (Å²) in [7, 11) is -3.33. The molecule has 3 rings (SSSR count). The summed E-state index contributed by atoms with van der Waals surface area (Å²) in [5, 5.41) is 0. The van der Waals surface area contributed by atoms with Gasteiger partial charge in [0.25, 0.3) is 10.2 Å². The minimum absolute atomic E-state index is 0.0186. The lowest BCUT2D eigenvalue weighted by molar-refractivity contribution is 0.168. The highest BCUT2D eigenvalue weighted by Crippen LogP contribution is 2.30. The average molecular weight is 336 g/mol. The van der Waals surface area contributed by atoms with E-state index >= 15 is 0 Å². The third kappa shape index (κ3) is 3.72. The van der Waals surface area contributed by atoms with E-state index in [0.717, 1.165) is 44.8 Å².